The average Bonchev–Trinajstić information content (AvgIpc) is 3.88. The molecule has 3 aliphatic rings. The van der Waals surface area contributed by atoms with Crippen molar-refractivity contribution in [2.24, 2.45) is 0 Å². The number of allylic oxidation sites excluding steroid dienone is 7. The van der Waals surface area contributed by atoms with Gasteiger partial charge in [0.15, 0.2) is 0 Å². The molecular weight excluding hydrogens is 777 g/mol. The minimum Gasteiger partial charge on any atom is -0.313 e. The SMILES string of the molecule is C1=C=C(N(c2ccccc2)c2ccc3c(c2)c2c(n3-c3ccccc3)CCC=C2)C=CC=1C1=C=C=C(N(c2ccccc2)c2ccc3c(c2)c2ccccc2n3-c2ccccc2)C=C1. The Morgan fingerprint density at radius 2 is 0.859 bits per heavy atom. The Hall–Kier alpha value is -8.70. The highest BCUT2D eigenvalue weighted by molar-refractivity contribution is 6.10. The quantitative estimate of drug-likeness (QED) is 0.135. The van der Waals surface area contributed by atoms with E-state index < -0.39 is 0 Å². The van der Waals surface area contributed by atoms with Crippen LogP contribution in [0.4, 0.5) is 22.7 Å². The molecule has 0 N–H and O–H groups in total. The normalized spacial score (nSPS) is 13.8. The molecule has 2 heterocycles. The van der Waals surface area contributed by atoms with Gasteiger partial charge >= 0.3 is 0 Å². The lowest BCUT2D eigenvalue weighted by Gasteiger charge is -2.26. The molecule has 0 saturated carbocycles. The topological polar surface area (TPSA) is 16.3 Å². The first-order valence-corrected chi connectivity index (χ1v) is 21.8. The Morgan fingerprint density at radius 3 is 1.42 bits per heavy atom. The fraction of sp³-hybridized carbons (Fsp3) is 0.0333. The highest BCUT2D eigenvalue weighted by Crippen LogP contribution is 2.41. The molecule has 4 nitrogen and oxygen atoms in total. The number of benzene rings is 7. The lowest BCUT2D eigenvalue weighted by atomic mass is 10.0. The predicted octanol–water partition coefficient (Wildman–Crippen LogP) is 14.9. The summed E-state index contributed by atoms with van der Waals surface area (Å²) in [6.07, 6.45) is 15.1. The molecule has 0 spiro atoms. The number of nitrogens with zero attached hydrogens (tertiary/aromatic N) is 4. The zero-order valence-corrected chi connectivity index (χ0v) is 35.0. The minimum absolute atomic E-state index is 0.894. The summed E-state index contributed by atoms with van der Waals surface area (Å²) < 4.78 is 4.78. The lowest BCUT2D eigenvalue weighted by molar-refractivity contribution is 0.888. The molecule has 0 radical (unpaired) electrons. The van der Waals surface area contributed by atoms with Crippen molar-refractivity contribution in [3.63, 3.8) is 0 Å². The van der Waals surface area contributed by atoms with Gasteiger partial charge in [0.2, 0.25) is 0 Å². The van der Waals surface area contributed by atoms with Gasteiger partial charge in [0, 0.05) is 72.7 Å². The van der Waals surface area contributed by atoms with Gasteiger partial charge in [-0.1, -0.05) is 115 Å². The molecule has 0 amide bonds. The molecule has 0 unspecified atom stereocenters. The number of aromatic nitrogens is 2. The predicted molar refractivity (Wildman–Crippen MR) is 265 cm³/mol. The molecule has 0 saturated heterocycles. The maximum Gasteiger partial charge on any atom is 0.0974 e. The minimum atomic E-state index is 0.894. The number of hydrogen-bond donors (Lipinski definition) is 0. The molecule has 300 valence electrons. The summed E-state index contributed by atoms with van der Waals surface area (Å²) in [5.74, 6) is 0. The first-order chi connectivity index (χ1) is 31.8. The summed E-state index contributed by atoms with van der Waals surface area (Å²) in [5.41, 5.74) is 30.4. The summed E-state index contributed by atoms with van der Waals surface area (Å²) in [5, 5.41) is 3.64. The van der Waals surface area contributed by atoms with Gasteiger partial charge in [-0.25, -0.2) is 0 Å². The number of hydrogen-bond acceptors (Lipinski definition) is 2. The molecule has 0 atom stereocenters. The van der Waals surface area contributed by atoms with Crippen LogP contribution >= 0.6 is 0 Å². The Morgan fingerprint density at radius 1 is 0.375 bits per heavy atom. The van der Waals surface area contributed by atoms with E-state index in [9.17, 15) is 0 Å². The van der Waals surface area contributed by atoms with Crippen molar-refractivity contribution < 1.29 is 0 Å². The van der Waals surface area contributed by atoms with Crippen LogP contribution in [0.25, 0.3) is 50.2 Å². The van der Waals surface area contributed by atoms with Gasteiger partial charge in [0.25, 0.3) is 0 Å². The summed E-state index contributed by atoms with van der Waals surface area (Å²) in [4.78, 5) is 4.52. The van der Waals surface area contributed by atoms with E-state index in [1.807, 2.05) is 0 Å². The smallest absolute Gasteiger partial charge is 0.0974 e. The Kier molecular flexibility index (Phi) is 9.07. The van der Waals surface area contributed by atoms with E-state index in [0.29, 0.717) is 0 Å². The van der Waals surface area contributed by atoms with Gasteiger partial charge in [-0.2, -0.15) is 0 Å². The maximum atomic E-state index is 3.54. The van der Waals surface area contributed by atoms with Crippen molar-refractivity contribution in [2.45, 2.75) is 12.8 Å². The second-order valence-corrected chi connectivity index (χ2v) is 16.2. The van der Waals surface area contributed by atoms with Crippen molar-refractivity contribution in [3.05, 3.63) is 269 Å². The number of anilines is 4. The summed E-state index contributed by atoms with van der Waals surface area (Å²) in [6, 6.07) is 64.5. The highest BCUT2D eigenvalue weighted by atomic mass is 15.2. The number of rotatable bonds is 9. The van der Waals surface area contributed by atoms with Gasteiger partial charge in [0.05, 0.1) is 27.9 Å². The zero-order valence-electron chi connectivity index (χ0n) is 35.0. The second kappa shape index (κ2) is 15.6. The molecule has 0 aliphatic heterocycles. The van der Waals surface area contributed by atoms with E-state index in [1.54, 1.807) is 0 Å². The highest BCUT2D eigenvalue weighted by Gasteiger charge is 2.23. The van der Waals surface area contributed by atoms with Gasteiger partial charge in [0.1, 0.15) is 0 Å². The molecule has 0 bridgehead atoms. The summed E-state index contributed by atoms with van der Waals surface area (Å²) in [6.45, 7) is 0. The van der Waals surface area contributed by atoms with E-state index in [2.05, 4.69) is 260 Å². The van der Waals surface area contributed by atoms with E-state index in [-0.39, 0.29) is 0 Å². The molecule has 7 aromatic carbocycles. The number of fused-ring (bicyclic) bond motifs is 6. The van der Waals surface area contributed by atoms with Crippen molar-refractivity contribution in [1.29, 1.82) is 0 Å². The Balaban J connectivity index is 0.953. The lowest BCUT2D eigenvalue weighted by Crippen LogP contribution is -2.15. The van der Waals surface area contributed by atoms with Crippen LogP contribution in [-0.4, -0.2) is 9.13 Å². The van der Waals surface area contributed by atoms with Crippen LogP contribution in [-0.2, 0) is 6.42 Å². The molecule has 12 rings (SSSR count). The first kappa shape index (κ1) is 37.1. The molecule has 9 aromatic rings. The molecular formula is C60H40N4. The standard InChI is InChI=1S/C60H40N4/c1-5-17-45(18-6-1)61(51-37-39-59-55(41-51)53-25-13-15-27-57(53)63(59)47-21-9-3-10-22-47)49-33-29-43(30-34-49)44-31-35-50(36-32-44)62(46-19-7-2-8-20-46)52-38-40-60-56(42-52)54-26-14-16-28-58(54)64(60)48-23-11-4-12-24-48/h1-15,17-27,29,31,33,35,37-42H,16,28H2. The summed E-state index contributed by atoms with van der Waals surface area (Å²) in [7, 11) is 0. The first-order valence-electron chi connectivity index (χ1n) is 21.8. The maximum absolute atomic E-state index is 3.54. The zero-order chi connectivity index (χ0) is 42.4. The fourth-order valence-corrected chi connectivity index (χ4v) is 9.51. The number of para-hydroxylation sites is 5. The molecule has 3 aliphatic carbocycles. The molecule has 4 heteroatoms. The third-order valence-corrected chi connectivity index (χ3v) is 12.4. The average molecular weight is 817 g/mol. The molecule has 0 fully saturated rings. The van der Waals surface area contributed by atoms with Crippen LogP contribution in [0.15, 0.2) is 258 Å². The third-order valence-electron chi connectivity index (χ3n) is 12.4. The van der Waals surface area contributed by atoms with Crippen LogP contribution in [0.3, 0.4) is 0 Å². The fourth-order valence-electron chi connectivity index (χ4n) is 9.51. The van der Waals surface area contributed by atoms with Crippen LogP contribution in [0, 0.1) is 0 Å². The van der Waals surface area contributed by atoms with Gasteiger partial charge in [-0.05, 0) is 140 Å². The van der Waals surface area contributed by atoms with Crippen LogP contribution in [0.5, 0.6) is 0 Å². The summed E-state index contributed by atoms with van der Waals surface area (Å²) >= 11 is 0. The van der Waals surface area contributed by atoms with Crippen molar-refractivity contribution in [3.8, 4) is 11.4 Å². The van der Waals surface area contributed by atoms with E-state index in [4.69, 9.17) is 0 Å². The van der Waals surface area contributed by atoms with E-state index in [1.165, 1.54) is 44.1 Å². The molecule has 2 aromatic heterocycles. The molecule has 64 heavy (non-hydrogen) atoms. The van der Waals surface area contributed by atoms with E-state index in [0.717, 1.165) is 69.3 Å². The van der Waals surface area contributed by atoms with Crippen molar-refractivity contribution >= 4 is 61.5 Å². The van der Waals surface area contributed by atoms with Crippen LogP contribution < -0.4 is 9.80 Å². The Labute approximate surface area is 372 Å². The van der Waals surface area contributed by atoms with Gasteiger partial charge < -0.3 is 18.9 Å². The second-order valence-electron chi connectivity index (χ2n) is 16.2. The van der Waals surface area contributed by atoms with Gasteiger partial charge in [-0.3, -0.25) is 0 Å². The largest absolute Gasteiger partial charge is 0.313 e. The van der Waals surface area contributed by atoms with Crippen molar-refractivity contribution in [1.82, 2.24) is 9.13 Å². The van der Waals surface area contributed by atoms with Crippen LogP contribution in [0.2, 0.25) is 0 Å². The monoisotopic (exact) mass is 816 g/mol. The Bertz CT molecular complexity index is 3630. The van der Waals surface area contributed by atoms with Gasteiger partial charge in [-0.15, -0.1) is 0 Å². The third kappa shape index (κ3) is 6.37. The van der Waals surface area contributed by atoms with Crippen LogP contribution in [0.1, 0.15) is 17.7 Å². The van der Waals surface area contributed by atoms with E-state index >= 15 is 0 Å². The van der Waals surface area contributed by atoms with Crippen molar-refractivity contribution in [2.75, 3.05) is 9.80 Å².